The van der Waals surface area contributed by atoms with Gasteiger partial charge >= 0.3 is 0 Å². The number of ketones is 1. The number of nitrogens with one attached hydrogen (secondary N) is 2. The summed E-state index contributed by atoms with van der Waals surface area (Å²) in [6.07, 6.45) is 0.214. The molecule has 5 rings (SSSR count). The Bertz CT molecular complexity index is 1570. The molecule has 0 aliphatic heterocycles. The molecule has 0 radical (unpaired) electrons. The van der Waals surface area contributed by atoms with Crippen LogP contribution in [0.5, 0.6) is 0 Å². The highest BCUT2D eigenvalue weighted by Gasteiger charge is 2.28. The molecule has 4 aromatic carbocycles. The van der Waals surface area contributed by atoms with E-state index in [1.165, 1.54) is 0 Å². The third-order valence-electron chi connectivity index (χ3n) is 6.13. The second-order valence-electron chi connectivity index (χ2n) is 8.53. The number of carbonyl (C=O) groups excluding carboxylic acids is 2. The van der Waals surface area contributed by atoms with Gasteiger partial charge in [-0.3, -0.25) is 9.59 Å². The van der Waals surface area contributed by atoms with Crippen LogP contribution in [0.4, 0.5) is 0 Å². The molecule has 2 N–H and O–H groups in total. The molecule has 0 atom stereocenters. The number of rotatable bonds is 8. The van der Waals surface area contributed by atoms with E-state index in [0.29, 0.717) is 24.4 Å². The van der Waals surface area contributed by atoms with Gasteiger partial charge in [-0.05, 0) is 41.3 Å². The van der Waals surface area contributed by atoms with Gasteiger partial charge in [-0.15, -0.1) is 0 Å². The summed E-state index contributed by atoms with van der Waals surface area (Å²) in [7, 11) is 0. The van der Waals surface area contributed by atoms with Crippen LogP contribution in [0.25, 0.3) is 16.5 Å². The van der Waals surface area contributed by atoms with Crippen LogP contribution >= 0.6 is 27.7 Å². The zero-order valence-electron chi connectivity index (χ0n) is 19.8. The minimum absolute atomic E-state index is 0.0676. The Morgan fingerprint density at radius 1 is 0.919 bits per heavy atom. The van der Waals surface area contributed by atoms with Gasteiger partial charge in [0.25, 0.3) is 0 Å². The summed E-state index contributed by atoms with van der Waals surface area (Å²) in [5, 5.41) is 17.8. The van der Waals surface area contributed by atoms with Crippen LogP contribution in [0.15, 0.2) is 105 Å². The number of nitrogens with zero attached hydrogens (tertiary/aromatic N) is 1. The van der Waals surface area contributed by atoms with Crippen molar-refractivity contribution in [2.75, 3.05) is 6.54 Å². The summed E-state index contributed by atoms with van der Waals surface area (Å²) in [5.41, 5.74) is 2.89. The van der Waals surface area contributed by atoms with Gasteiger partial charge in [-0.25, -0.2) is 0 Å². The SMILES string of the molecule is N#CC1=C(NCCC(=O)NCc2ccccc2)c2ccc(Sc3ccc(Br)cc3)c3cccc(c23)C1=O. The molecule has 0 aromatic heterocycles. The fourth-order valence-corrected chi connectivity index (χ4v) is 5.56. The van der Waals surface area contributed by atoms with Crippen LogP contribution in [0.2, 0.25) is 0 Å². The predicted molar refractivity (Wildman–Crippen MR) is 150 cm³/mol. The van der Waals surface area contributed by atoms with E-state index in [1.807, 2.05) is 78.9 Å². The second-order valence-corrected chi connectivity index (χ2v) is 10.6. The van der Waals surface area contributed by atoms with Gasteiger partial charge in [0.05, 0.1) is 5.70 Å². The molecule has 0 spiro atoms. The maximum Gasteiger partial charge on any atom is 0.222 e. The maximum atomic E-state index is 13.3. The zero-order valence-corrected chi connectivity index (χ0v) is 22.2. The molecule has 0 unspecified atom stereocenters. The summed E-state index contributed by atoms with van der Waals surface area (Å²) in [5.74, 6) is -0.410. The maximum absolute atomic E-state index is 13.3. The van der Waals surface area contributed by atoms with Crippen molar-refractivity contribution in [2.45, 2.75) is 22.8 Å². The average Bonchev–Trinajstić information content (AvgIpc) is 2.92. The fourth-order valence-electron chi connectivity index (χ4n) is 4.36. The standard InChI is InChI=1S/C30H22BrN3O2S/c31-20-9-11-21(12-10-20)37-26-14-13-23-28-22(26)7-4-8-24(28)30(36)25(17-32)29(23)33-16-15-27(35)34-18-19-5-2-1-3-6-19/h1-14,33H,15-16,18H2,(H,34,35). The molecule has 37 heavy (non-hydrogen) atoms. The Labute approximate surface area is 227 Å². The van der Waals surface area contributed by atoms with Gasteiger partial charge in [-0.1, -0.05) is 82.3 Å². The highest BCUT2D eigenvalue weighted by molar-refractivity contribution is 9.10. The van der Waals surface area contributed by atoms with Crippen molar-refractivity contribution < 1.29 is 9.59 Å². The third kappa shape index (κ3) is 5.31. The van der Waals surface area contributed by atoms with E-state index < -0.39 is 0 Å². The molecule has 0 bridgehead atoms. The van der Waals surface area contributed by atoms with Gasteiger partial charge in [0.1, 0.15) is 11.6 Å². The van der Waals surface area contributed by atoms with E-state index in [9.17, 15) is 14.9 Å². The van der Waals surface area contributed by atoms with Gasteiger partial charge in [0.2, 0.25) is 11.7 Å². The number of hydrogen-bond donors (Lipinski definition) is 2. The summed E-state index contributed by atoms with van der Waals surface area (Å²) >= 11 is 5.10. The minimum atomic E-state index is -0.303. The summed E-state index contributed by atoms with van der Waals surface area (Å²) in [6, 6.07) is 29.5. The molecule has 0 saturated heterocycles. The Morgan fingerprint density at radius 3 is 2.46 bits per heavy atom. The first-order valence-corrected chi connectivity index (χ1v) is 13.4. The third-order valence-corrected chi connectivity index (χ3v) is 7.74. The van der Waals surface area contributed by atoms with E-state index in [4.69, 9.17) is 0 Å². The number of hydrogen-bond acceptors (Lipinski definition) is 5. The van der Waals surface area contributed by atoms with Crippen LogP contribution in [0.3, 0.4) is 0 Å². The zero-order chi connectivity index (χ0) is 25.8. The molecule has 1 aliphatic carbocycles. The van der Waals surface area contributed by atoms with Crippen molar-refractivity contribution in [1.82, 2.24) is 10.6 Å². The molecule has 1 amide bonds. The number of nitriles is 1. The molecule has 0 fully saturated rings. The van der Waals surface area contributed by atoms with Crippen molar-refractivity contribution in [3.8, 4) is 6.07 Å². The van der Waals surface area contributed by atoms with Crippen LogP contribution < -0.4 is 10.6 Å². The number of allylic oxidation sites excluding steroid dienone is 1. The Morgan fingerprint density at radius 2 is 1.70 bits per heavy atom. The largest absolute Gasteiger partial charge is 0.383 e. The number of benzene rings is 4. The first-order chi connectivity index (χ1) is 18.0. The molecule has 0 heterocycles. The number of Topliss-reactive ketones (excluding diaryl/α,β-unsaturated/α-hetero) is 1. The molecule has 5 nitrogen and oxygen atoms in total. The van der Waals surface area contributed by atoms with Crippen molar-refractivity contribution >= 4 is 55.9 Å². The van der Waals surface area contributed by atoms with Gasteiger partial charge in [0.15, 0.2) is 0 Å². The first-order valence-electron chi connectivity index (χ1n) is 11.8. The van der Waals surface area contributed by atoms with E-state index in [2.05, 4.69) is 32.6 Å². The summed E-state index contributed by atoms with van der Waals surface area (Å²) < 4.78 is 1.01. The fraction of sp³-hybridized carbons (Fsp3) is 0.100. The van der Waals surface area contributed by atoms with Crippen molar-refractivity contribution in [2.24, 2.45) is 0 Å². The smallest absolute Gasteiger partial charge is 0.222 e. The topological polar surface area (TPSA) is 82.0 Å². The highest BCUT2D eigenvalue weighted by Crippen LogP contribution is 2.41. The predicted octanol–water partition coefficient (Wildman–Crippen LogP) is 6.48. The van der Waals surface area contributed by atoms with Crippen LogP contribution in [-0.2, 0) is 11.3 Å². The monoisotopic (exact) mass is 567 g/mol. The van der Waals surface area contributed by atoms with Gasteiger partial charge in [-0.2, -0.15) is 5.26 Å². The van der Waals surface area contributed by atoms with Crippen molar-refractivity contribution in [3.63, 3.8) is 0 Å². The van der Waals surface area contributed by atoms with E-state index in [1.54, 1.807) is 17.8 Å². The Kier molecular flexibility index (Phi) is 7.40. The Balaban J connectivity index is 1.39. The lowest BCUT2D eigenvalue weighted by molar-refractivity contribution is -0.121. The average molecular weight is 568 g/mol. The lowest BCUT2D eigenvalue weighted by atomic mass is 9.86. The molecule has 7 heteroatoms. The number of halogens is 1. The van der Waals surface area contributed by atoms with E-state index >= 15 is 0 Å². The van der Waals surface area contributed by atoms with Crippen LogP contribution in [0, 0.1) is 11.3 Å². The second kappa shape index (κ2) is 11.0. The van der Waals surface area contributed by atoms with Crippen molar-refractivity contribution in [1.29, 1.82) is 5.26 Å². The lowest BCUT2D eigenvalue weighted by Gasteiger charge is -2.22. The van der Waals surface area contributed by atoms with Crippen molar-refractivity contribution in [3.05, 3.63) is 112 Å². The van der Waals surface area contributed by atoms with Gasteiger partial charge in [0, 0.05) is 50.3 Å². The van der Waals surface area contributed by atoms with E-state index in [0.717, 1.165) is 36.2 Å². The highest BCUT2D eigenvalue weighted by atomic mass is 79.9. The molecule has 182 valence electrons. The van der Waals surface area contributed by atoms with Gasteiger partial charge < -0.3 is 10.6 Å². The molecule has 4 aromatic rings. The first kappa shape index (κ1) is 24.8. The van der Waals surface area contributed by atoms with E-state index in [-0.39, 0.29) is 23.7 Å². The molecule has 1 aliphatic rings. The molecular formula is C30H22BrN3O2S. The molecular weight excluding hydrogens is 546 g/mol. The van der Waals surface area contributed by atoms with Crippen LogP contribution in [0.1, 0.15) is 27.9 Å². The Hall–Kier alpha value is -3.86. The van der Waals surface area contributed by atoms with Crippen LogP contribution in [-0.4, -0.2) is 18.2 Å². The summed E-state index contributed by atoms with van der Waals surface area (Å²) in [4.78, 5) is 27.8. The summed E-state index contributed by atoms with van der Waals surface area (Å²) in [6.45, 7) is 0.753. The minimum Gasteiger partial charge on any atom is -0.383 e. The molecule has 0 saturated carbocycles. The lowest BCUT2D eigenvalue weighted by Crippen LogP contribution is -2.28. The number of amides is 1. The number of carbonyl (C=O) groups is 2. The normalized spacial score (nSPS) is 12.4. The quantitative estimate of drug-likeness (QED) is 0.254.